The second-order valence-corrected chi connectivity index (χ2v) is 5.80. The van der Waals surface area contributed by atoms with Crippen molar-refractivity contribution in [1.82, 2.24) is 15.5 Å². The number of hydrogen-bond acceptors (Lipinski definition) is 5. The maximum absolute atomic E-state index is 11.9. The van der Waals surface area contributed by atoms with Crippen molar-refractivity contribution >= 4 is 23.1 Å². The van der Waals surface area contributed by atoms with Crippen LogP contribution in [-0.4, -0.2) is 22.6 Å². The number of anilines is 1. The molecule has 0 saturated carbocycles. The average Bonchev–Trinajstić information content (AvgIpc) is 2.89. The van der Waals surface area contributed by atoms with Crippen molar-refractivity contribution in [2.45, 2.75) is 26.8 Å². The van der Waals surface area contributed by atoms with Crippen molar-refractivity contribution in [2.75, 3.05) is 11.9 Å². The molecule has 0 saturated heterocycles. The minimum atomic E-state index is -0.203. The fourth-order valence-corrected chi connectivity index (χ4v) is 2.47. The topological polar surface area (TPSA) is 66.9 Å². The van der Waals surface area contributed by atoms with Gasteiger partial charge in [-0.3, -0.25) is 4.79 Å². The Hall–Kier alpha value is -1.95. The van der Waals surface area contributed by atoms with Gasteiger partial charge in [0.1, 0.15) is 5.82 Å². The van der Waals surface area contributed by atoms with Crippen molar-refractivity contribution in [3.05, 3.63) is 39.7 Å². The number of carbonyl (C=O) groups is 1. The van der Waals surface area contributed by atoms with E-state index in [9.17, 15) is 4.79 Å². The molecule has 106 valence electrons. The van der Waals surface area contributed by atoms with Gasteiger partial charge in [0.05, 0.1) is 6.54 Å². The van der Waals surface area contributed by atoms with E-state index in [4.69, 9.17) is 0 Å². The van der Waals surface area contributed by atoms with Crippen LogP contribution in [0.3, 0.4) is 0 Å². The molecule has 6 heteroatoms. The molecule has 0 aromatic carbocycles. The van der Waals surface area contributed by atoms with E-state index >= 15 is 0 Å². The van der Waals surface area contributed by atoms with Crippen LogP contribution in [0.15, 0.2) is 24.3 Å². The molecule has 0 aliphatic rings. The molecule has 2 aromatic heterocycles. The molecule has 0 aliphatic carbocycles. The summed E-state index contributed by atoms with van der Waals surface area (Å²) >= 11 is 1.68. The number of carbonyl (C=O) groups excluding carboxylic acids is 1. The van der Waals surface area contributed by atoms with E-state index in [0.29, 0.717) is 18.1 Å². The van der Waals surface area contributed by atoms with Crippen molar-refractivity contribution in [2.24, 2.45) is 0 Å². The summed E-state index contributed by atoms with van der Waals surface area (Å²) < 4.78 is 0. The fourth-order valence-electron chi connectivity index (χ4n) is 1.64. The van der Waals surface area contributed by atoms with Crippen LogP contribution in [0.5, 0.6) is 0 Å². The molecule has 0 radical (unpaired) electrons. The van der Waals surface area contributed by atoms with Crippen LogP contribution < -0.4 is 10.6 Å². The third-order valence-electron chi connectivity index (χ3n) is 2.67. The number of aromatic nitrogens is 2. The normalized spacial score (nSPS) is 10.3. The van der Waals surface area contributed by atoms with Crippen LogP contribution in [0.1, 0.15) is 33.6 Å². The van der Waals surface area contributed by atoms with Crippen molar-refractivity contribution in [1.29, 1.82) is 0 Å². The number of thiophene rings is 1. The molecule has 5 nitrogen and oxygen atoms in total. The van der Waals surface area contributed by atoms with Crippen molar-refractivity contribution < 1.29 is 4.79 Å². The average molecular weight is 290 g/mol. The zero-order chi connectivity index (χ0) is 14.4. The summed E-state index contributed by atoms with van der Waals surface area (Å²) in [6, 6.07) is 7.51. The summed E-state index contributed by atoms with van der Waals surface area (Å²) in [5.74, 6) is 0.489. The van der Waals surface area contributed by atoms with Crippen molar-refractivity contribution in [3.63, 3.8) is 0 Å². The van der Waals surface area contributed by atoms with E-state index < -0.39 is 0 Å². The Bertz CT molecular complexity index is 565. The van der Waals surface area contributed by atoms with Gasteiger partial charge in [-0.25, -0.2) is 0 Å². The Balaban J connectivity index is 1.88. The summed E-state index contributed by atoms with van der Waals surface area (Å²) in [5, 5.41) is 13.9. The molecular weight excluding hydrogens is 272 g/mol. The smallest absolute Gasteiger partial charge is 0.272 e. The Labute approximate surface area is 122 Å². The Morgan fingerprint density at radius 3 is 2.70 bits per heavy atom. The van der Waals surface area contributed by atoms with Gasteiger partial charge in [0.25, 0.3) is 5.91 Å². The lowest BCUT2D eigenvalue weighted by molar-refractivity contribution is 0.0945. The highest BCUT2D eigenvalue weighted by Gasteiger charge is 2.08. The van der Waals surface area contributed by atoms with E-state index in [2.05, 4.69) is 27.8 Å². The van der Waals surface area contributed by atoms with Gasteiger partial charge >= 0.3 is 0 Å². The highest BCUT2D eigenvalue weighted by atomic mass is 32.1. The van der Waals surface area contributed by atoms with Gasteiger partial charge < -0.3 is 10.6 Å². The predicted molar refractivity (Wildman–Crippen MR) is 81.0 cm³/mol. The number of nitrogens with one attached hydrogen (secondary N) is 2. The minimum Gasteiger partial charge on any atom is -0.369 e. The van der Waals surface area contributed by atoms with E-state index in [0.717, 1.165) is 17.8 Å². The van der Waals surface area contributed by atoms with Crippen LogP contribution in [0, 0.1) is 6.92 Å². The van der Waals surface area contributed by atoms with Crippen LogP contribution in [0.25, 0.3) is 0 Å². The zero-order valence-electron chi connectivity index (χ0n) is 11.6. The summed E-state index contributed by atoms with van der Waals surface area (Å²) in [5.41, 5.74) is 0.334. The molecule has 0 spiro atoms. The predicted octanol–water partition coefficient (Wildman–Crippen LogP) is 2.60. The molecule has 0 unspecified atom stereocenters. The number of nitrogens with zero attached hydrogens (tertiary/aromatic N) is 2. The summed E-state index contributed by atoms with van der Waals surface area (Å²) in [6.45, 7) is 5.49. The minimum absolute atomic E-state index is 0.203. The summed E-state index contributed by atoms with van der Waals surface area (Å²) in [7, 11) is 0. The van der Waals surface area contributed by atoms with Gasteiger partial charge in [-0.15, -0.1) is 21.5 Å². The van der Waals surface area contributed by atoms with E-state index in [1.54, 1.807) is 23.5 Å². The largest absolute Gasteiger partial charge is 0.369 e. The lowest BCUT2D eigenvalue weighted by Crippen LogP contribution is -2.23. The molecule has 0 aliphatic heterocycles. The van der Waals surface area contributed by atoms with Gasteiger partial charge in [-0.2, -0.15) is 0 Å². The van der Waals surface area contributed by atoms with Gasteiger partial charge in [0, 0.05) is 16.3 Å². The van der Waals surface area contributed by atoms with E-state index in [1.165, 1.54) is 4.88 Å². The first-order valence-electron chi connectivity index (χ1n) is 6.60. The lowest BCUT2D eigenvalue weighted by atomic mass is 10.3. The second-order valence-electron chi connectivity index (χ2n) is 4.43. The molecule has 2 rings (SSSR count). The van der Waals surface area contributed by atoms with E-state index in [-0.39, 0.29) is 5.91 Å². The monoisotopic (exact) mass is 290 g/mol. The fraction of sp³-hybridized carbons (Fsp3) is 0.357. The van der Waals surface area contributed by atoms with Gasteiger partial charge in [-0.1, -0.05) is 6.92 Å². The maximum atomic E-state index is 11.9. The SMILES string of the molecule is CCCNc1ccc(C(=O)NCc2ccc(C)s2)nn1. The molecular formula is C14H18N4OS. The van der Waals surface area contributed by atoms with Crippen LogP contribution in [0.4, 0.5) is 5.82 Å². The van der Waals surface area contributed by atoms with Crippen LogP contribution >= 0.6 is 11.3 Å². The Morgan fingerprint density at radius 1 is 1.25 bits per heavy atom. The third kappa shape index (κ3) is 4.03. The van der Waals surface area contributed by atoms with Crippen LogP contribution in [0.2, 0.25) is 0 Å². The standard InChI is InChI=1S/C14H18N4OS/c1-3-8-15-13-7-6-12(17-18-13)14(19)16-9-11-5-4-10(2)20-11/h4-7H,3,8-9H2,1-2H3,(H,15,18)(H,16,19). The first-order valence-corrected chi connectivity index (χ1v) is 7.42. The second kappa shape index (κ2) is 7.00. The number of aryl methyl sites for hydroxylation is 1. The lowest BCUT2D eigenvalue weighted by Gasteiger charge is -2.05. The maximum Gasteiger partial charge on any atom is 0.272 e. The first-order chi connectivity index (χ1) is 9.69. The molecule has 2 aromatic rings. The van der Waals surface area contributed by atoms with E-state index in [1.807, 2.05) is 19.1 Å². The van der Waals surface area contributed by atoms with Gasteiger partial charge in [0.2, 0.25) is 0 Å². The number of amides is 1. The Kier molecular flexibility index (Phi) is 5.06. The molecule has 0 atom stereocenters. The summed E-state index contributed by atoms with van der Waals surface area (Å²) in [6.07, 6.45) is 1.02. The molecule has 0 bridgehead atoms. The summed E-state index contributed by atoms with van der Waals surface area (Å²) in [4.78, 5) is 14.3. The first kappa shape index (κ1) is 14.5. The molecule has 2 heterocycles. The molecule has 20 heavy (non-hydrogen) atoms. The molecule has 1 amide bonds. The van der Waals surface area contributed by atoms with Crippen LogP contribution in [-0.2, 0) is 6.54 Å². The van der Waals surface area contributed by atoms with Gasteiger partial charge in [0.15, 0.2) is 5.69 Å². The zero-order valence-corrected chi connectivity index (χ0v) is 12.5. The highest BCUT2D eigenvalue weighted by molar-refractivity contribution is 7.11. The van der Waals surface area contributed by atoms with Crippen molar-refractivity contribution in [3.8, 4) is 0 Å². The molecule has 0 fully saturated rings. The Morgan fingerprint density at radius 2 is 2.10 bits per heavy atom. The quantitative estimate of drug-likeness (QED) is 0.858. The molecule has 2 N–H and O–H groups in total. The number of hydrogen-bond donors (Lipinski definition) is 2. The highest BCUT2D eigenvalue weighted by Crippen LogP contribution is 2.14. The number of rotatable bonds is 6. The van der Waals surface area contributed by atoms with Gasteiger partial charge in [-0.05, 0) is 37.6 Å². The third-order valence-corrected chi connectivity index (χ3v) is 3.67.